The maximum atomic E-state index is 12.2. The van der Waals surface area contributed by atoms with E-state index in [1.165, 1.54) is 4.90 Å². The van der Waals surface area contributed by atoms with Crippen LogP contribution in [0.5, 0.6) is 0 Å². The van der Waals surface area contributed by atoms with Crippen molar-refractivity contribution in [3.05, 3.63) is 23.0 Å². The number of carbonyl (C=O) groups is 2. The van der Waals surface area contributed by atoms with Gasteiger partial charge in [0.1, 0.15) is 6.04 Å². The zero-order valence-electron chi connectivity index (χ0n) is 12.5. The molecule has 0 radical (unpaired) electrons. The van der Waals surface area contributed by atoms with Crippen LogP contribution in [0, 0.1) is 6.92 Å². The molecule has 1 aromatic heterocycles. The minimum Gasteiger partial charge on any atom is -0.443 e. The van der Waals surface area contributed by atoms with Crippen LogP contribution in [0.3, 0.4) is 0 Å². The molecule has 21 heavy (non-hydrogen) atoms. The number of rotatable bonds is 4. The molecular weight excluding hydrogens is 272 g/mol. The predicted octanol–water partition coefficient (Wildman–Crippen LogP) is 0.192. The summed E-state index contributed by atoms with van der Waals surface area (Å²) in [7, 11) is 1.85. The van der Waals surface area contributed by atoms with Crippen LogP contribution < -0.4 is 5.73 Å². The number of ether oxygens (including phenoxy) is 1. The molecule has 1 saturated heterocycles. The molecule has 7 heteroatoms. The molecule has 1 fully saturated rings. The molecule has 114 valence electrons. The molecule has 1 aliphatic rings. The topological polar surface area (TPSA) is 90.4 Å². The van der Waals surface area contributed by atoms with Gasteiger partial charge in [0, 0.05) is 30.4 Å². The summed E-state index contributed by atoms with van der Waals surface area (Å²) in [6.45, 7) is 3.98. The lowest BCUT2D eigenvalue weighted by molar-refractivity contribution is -0.151. The quantitative estimate of drug-likeness (QED) is 0.632. The van der Waals surface area contributed by atoms with Crippen LogP contribution in [0.2, 0.25) is 0 Å². The van der Waals surface area contributed by atoms with Gasteiger partial charge in [0.05, 0.1) is 6.20 Å². The lowest BCUT2D eigenvalue weighted by atomic mass is 10.1. The summed E-state index contributed by atoms with van der Waals surface area (Å²) in [5.41, 5.74) is 8.03. The third-order valence-electron chi connectivity index (χ3n) is 3.55. The van der Waals surface area contributed by atoms with Crippen LogP contribution in [0.15, 0.2) is 11.8 Å². The van der Waals surface area contributed by atoms with Crippen molar-refractivity contribution >= 4 is 18.0 Å². The Morgan fingerprint density at radius 1 is 1.62 bits per heavy atom. The van der Waals surface area contributed by atoms with Gasteiger partial charge < -0.3 is 15.4 Å². The predicted molar refractivity (Wildman–Crippen MR) is 76.9 cm³/mol. The van der Waals surface area contributed by atoms with Crippen LogP contribution in [0.4, 0.5) is 0 Å². The summed E-state index contributed by atoms with van der Waals surface area (Å²) in [4.78, 5) is 25.0. The summed E-state index contributed by atoms with van der Waals surface area (Å²) >= 11 is 0. The third-order valence-corrected chi connectivity index (χ3v) is 3.55. The number of nitrogens with two attached hydrogens (primary N) is 1. The number of likely N-dealkylation sites (tertiary alicyclic amines) is 1. The highest BCUT2D eigenvalue weighted by molar-refractivity contribution is 6.00. The third kappa shape index (κ3) is 3.30. The Morgan fingerprint density at radius 3 is 2.90 bits per heavy atom. The van der Waals surface area contributed by atoms with Crippen LogP contribution in [-0.4, -0.2) is 45.9 Å². The fourth-order valence-electron chi connectivity index (χ4n) is 2.04. The molecule has 0 saturated carbocycles. The second-order valence-electron chi connectivity index (χ2n) is 5.18. The monoisotopic (exact) mass is 292 g/mol. The van der Waals surface area contributed by atoms with Crippen molar-refractivity contribution in [2.45, 2.75) is 26.3 Å². The van der Waals surface area contributed by atoms with E-state index >= 15 is 0 Å². The average molecular weight is 292 g/mol. The number of aryl methyl sites for hydroxylation is 1. The lowest BCUT2D eigenvalue weighted by Gasteiger charge is -2.16. The Labute approximate surface area is 123 Å². The molecule has 0 aromatic carbocycles. The molecule has 1 amide bonds. The van der Waals surface area contributed by atoms with Crippen molar-refractivity contribution in [3.63, 3.8) is 0 Å². The fraction of sp³-hybridized carbons (Fsp3) is 0.500. The molecule has 0 aliphatic carbocycles. The van der Waals surface area contributed by atoms with Crippen LogP contribution in [-0.2, 0) is 21.4 Å². The van der Waals surface area contributed by atoms with Gasteiger partial charge in [0.15, 0.2) is 6.73 Å². The molecule has 0 bridgehead atoms. The van der Waals surface area contributed by atoms with Gasteiger partial charge in [0.2, 0.25) is 0 Å². The maximum absolute atomic E-state index is 12.2. The molecule has 1 aliphatic heterocycles. The van der Waals surface area contributed by atoms with E-state index in [1.54, 1.807) is 17.8 Å². The molecule has 0 spiro atoms. The van der Waals surface area contributed by atoms with E-state index in [4.69, 9.17) is 10.5 Å². The van der Waals surface area contributed by atoms with Gasteiger partial charge in [-0.1, -0.05) is 0 Å². The van der Waals surface area contributed by atoms with Crippen molar-refractivity contribution < 1.29 is 14.3 Å². The summed E-state index contributed by atoms with van der Waals surface area (Å²) in [6, 6.07) is -0.684. The molecule has 1 atom stereocenters. The van der Waals surface area contributed by atoms with E-state index in [2.05, 4.69) is 5.10 Å². The smallest absolute Gasteiger partial charge is 0.324 e. The van der Waals surface area contributed by atoms with Gasteiger partial charge in [-0.3, -0.25) is 14.3 Å². The van der Waals surface area contributed by atoms with Gasteiger partial charge in [0.25, 0.3) is 5.91 Å². The first kappa shape index (κ1) is 15.2. The number of nitrogens with zero attached hydrogens (tertiary/aromatic N) is 3. The molecule has 1 aromatic rings. The largest absolute Gasteiger partial charge is 0.443 e. The fourth-order valence-corrected chi connectivity index (χ4v) is 2.04. The normalized spacial score (nSPS) is 18.4. The second kappa shape index (κ2) is 6.09. The van der Waals surface area contributed by atoms with Crippen molar-refractivity contribution in [2.24, 2.45) is 12.8 Å². The molecular formula is C14H20N4O3. The summed E-state index contributed by atoms with van der Waals surface area (Å²) in [6.07, 6.45) is 4.20. The van der Waals surface area contributed by atoms with E-state index in [0.29, 0.717) is 18.5 Å². The van der Waals surface area contributed by atoms with Crippen molar-refractivity contribution in [1.29, 1.82) is 0 Å². The summed E-state index contributed by atoms with van der Waals surface area (Å²) < 4.78 is 6.74. The molecule has 1 unspecified atom stereocenters. The first-order valence-corrected chi connectivity index (χ1v) is 6.81. The zero-order chi connectivity index (χ0) is 15.6. The van der Waals surface area contributed by atoms with E-state index in [9.17, 15) is 9.59 Å². The van der Waals surface area contributed by atoms with Gasteiger partial charge in [-0.05, 0) is 26.3 Å². The number of carbonyl (C=O) groups excluding carboxylic acids is 2. The van der Waals surface area contributed by atoms with Crippen molar-refractivity contribution in [1.82, 2.24) is 14.7 Å². The van der Waals surface area contributed by atoms with Gasteiger partial charge in [-0.2, -0.15) is 5.10 Å². The van der Waals surface area contributed by atoms with Crippen LogP contribution in [0.25, 0.3) is 6.08 Å². The van der Waals surface area contributed by atoms with E-state index in [-0.39, 0.29) is 12.6 Å². The van der Waals surface area contributed by atoms with Gasteiger partial charge in [-0.15, -0.1) is 0 Å². The Hall–Kier alpha value is -2.15. The Bertz CT molecular complexity index is 589. The molecule has 2 heterocycles. The Balaban J connectivity index is 2.01. The number of esters is 1. The lowest BCUT2D eigenvalue weighted by Crippen LogP contribution is -2.35. The van der Waals surface area contributed by atoms with Gasteiger partial charge in [-0.25, -0.2) is 0 Å². The minimum atomic E-state index is -0.684. The second-order valence-corrected chi connectivity index (χ2v) is 5.18. The summed E-state index contributed by atoms with van der Waals surface area (Å²) in [5.74, 6) is -0.626. The van der Waals surface area contributed by atoms with Crippen molar-refractivity contribution in [3.8, 4) is 0 Å². The Kier molecular flexibility index (Phi) is 4.42. The molecule has 2 rings (SSSR count). The van der Waals surface area contributed by atoms with E-state index in [0.717, 1.165) is 11.3 Å². The SMILES string of the molecule is Cc1c(C=C2CCN(COC(=O)C(C)N)C2=O)cnn1C. The van der Waals surface area contributed by atoms with Crippen LogP contribution >= 0.6 is 0 Å². The first-order chi connectivity index (χ1) is 9.90. The number of hydrogen-bond donors (Lipinski definition) is 1. The maximum Gasteiger partial charge on any atom is 0.324 e. The number of hydrogen-bond acceptors (Lipinski definition) is 5. The minimum absolute atomic E-state index is 0.0530. The highest BCUT2D eigenvalue weighted by Crippen LogP contribution is 2.21. The Morgan fingerprint density at radius 2 is 2.33 bits per heavy atom. The first-order valence-electron chi connectivity index (χ1n) is 6.81. The zero-order valence-corrected chi connectivity index (χ0v) is 12.5. The van der Waals surface area contributed by atoms with Gasteiger partial charge >= 0.3 is 5.97 Å². The highest BCUT2D eigenvalue weighted by atomic mass is 16.5. The van der Waals surface area contributed by atoms with E-state index < -0.39 is 12.0 Å². The summed E-state index contributed by atoms with van der Waals surface area (Å²) in [5, 5.41) is 4.15. The number of amides is 1. The molecule has 7 nitrogen and oxygen atoms in total. The van der Waals surface area contributed by atoms with E-state index in [1.807, 2.05) is 20.0 Å². The molecule has 2 N–H and O–H groups in total. The van der Waals surface area contributed by atoms with Crippen molar-refractivity contribution in [2.75, 3.05) is 13.3 Å². The average Bonchev–Trinajstić information content (AvgIpc) is 2.94. The number of aromatic nitrogens is 2. The standard InChI is InChI=1S/C14H20N4O3/c1-9(15)14(20)21-8-18-5-4-11(13(18)19)6-12-7-16-17(3)10(12)2/h6-7,9H,4-5,8,15H2,1-3H3. The highest BCUT2D eigenvalue weighted by Gasteiger charge is 2.27. The van der Waals surface area contributed by atoms with Crippen LogP contribution in [0.1, 0.15) is 24.6 Å².